The van der Waals surface area contributed by atoms with Gasteiger partial charge in [0, 0.05) is 45.6 Å². The van der Waals surface area contributed by atoms with E-state index in [0.717, 1.165) is 31.6 Å². The predicted octanol–water partition coefficient (Wildman–Crippen LogP) is 0.530. The van der Waals surface area contributed by atoms with E-state index in [4.69, 9.17) is 4.74 Å². The fourth-order valence-corrected chi connectivity index (χ4v) is 2.76. The van der Waals surface area contributed by atoms with Crippen LogP contribution in [0.25, 0.3) is 0 Å². The van der Waals surface area contributed by atoms with E-state index in [9.17, 15) is 4.79 Å². The summed E-state index contributed by atoms with van der Waals surface area (Å²) in [6.45, 7) is 4.56. The molecule has 2 heterocycles. The Hall–Kier alpha value is -1.60. The van der Waals surface area contributed by atoms with Crippen molar-refractivity contribution in [1.82, 2.24) is 24.9 Å². The predicted molar refractivity (Wildman–Crippen MR) is 84.5 cm³/mol. The second kappa shape index (κ2) is 8.14. The fourth-order valence-electron chi connectivity index (χ4n) is 2.76. The number of hydrogen-bond acceptors (Lipinski definition) is 4. The molecule has 1 aliphatic heterocycles. The number of urea groups is 1. The zero-order chi connectivity index (χ0) is 15.9. The SMILES string of the molecule is COCCN(Cc1cnn(C)c1)C(=O)NC[C@H]1CCN(C)C1. The van der Waals surface area contributed by atoms with Gasteiger partial charge in [-0.1, -0.05) is 0 Å². The maximum Gasteiger partial charge on any atom is 0.317 e. The summed E-state index contributed by atoms with van der Waals surface area (Å²) in [5.41, 5.74) is 1.02. The summed E-state index contributed by atoms with van der Waals surface area (Å²) in [4.78, 5) is 16.5. The molecule has 0 spiro atoms. The van der Waals surface area contributed by atoms with E-state index < -0.39 is 0 Å². The number of carbonyl (C=O) groups excluding carboxylic acids is 1. The van der Waals surface area contributed by atoms with Crippen LogP contribution in [0.4, 0.5) is 4.79 Å². The maximum atomic E-state index is 12.4. The number of rotatable bonds is 7. The average molecular weight is 309 g/mol. The number of nitrogens with zero attached hydrogens (tertiary/aromatic N) is 4. The Morgan fingerprint density at radius 3 is 2.95 bits per heavy atom. The van der Waals surface area contributed by atoms with Crippen LogP contribution in [-0.2, 0) is 18.3 Å². The van der Waals surface area contributed by atoms with Crippen molar-refractivity contribution in [2.45, 2.75) is 13.0 Å². The van der Waals surface area contributed by atoms with Crippen molar-refractivity contribution in [3.8, 4) is 0 Å². The van der Waals surface area contributed by atoms with Crippen molar-refractivity contribution >= 4 is 6.03 Å². The number of ether oxygens (including phenoxy) is 1. The second-order valence-corrected chi connectivity index (χ2v) is 6.04. The number of aromatic nitrogens is 2. The summed E-state index contributed by atoms with van der Waals surface area (Å²) >= 11 is 0. The van der Waals surface area contributed by atoms with E-state index in [1.165, 1.54) is 0 Å². The summed E-state index contributed by atoms with van der Waals surface area (Å²) in [6, 6.07) is -0.0320. The first-order valence-corrected chi connectivity index (χ1v) is 7.76. The van der Waals surface area contributed by atoms with Crippen LogP contribution in [-0.4, -0.2) is 72.6 Å². The van der Waals surface area contributed by atoms with Crippen LogP contribution in [0.15, 0.2) is 12.4 Å². The molecule has 1 aliphatic rings. The highest BCUT2D eigenvalue weighted by atomic mass is 16.5. The third-order valence-corrected chi connectivity index (χ3v) is 4.02. The number of likely N-dealkylation sites (tertiary alicyclic amines) is 1. The molecule has 1 aromatic heterocycles. The molecule has 2 rings (SSSR count). The van der Waals surface area contributed by atoms with Crippen LogP contribution in [0.2, 0.25) is 0 Å². The van der Waals surface area contributed by atoms with E-state index in [0.29, 0.717) is 25.6 Å². The Balaban J connectivity index is 1.85. The Morgan fingerprint density at radius 1 is 1.55 bits per heavy atom. The van der Waals surface area contributed by atoms with Gasteiger partial charge in [0.15, 0.2) is 0 Å². The van der Waals surface area contributed by atoms with Gasteiger partial charge in [0.25, 0.3) is 0 Å². The van der Waals surface area contributed by atoms with Gasteiger partial charge in [-0.2, -0.15) is 5.10 Å². The first-order valence-electron chi connectivity index (χ1n) is 7.76. The van der Waals surface area contributed by atoms with Gasteiger partial charge >= 0.3 is 6.03 Å². The highest BCUT2D eigenvalue weighted by molar-refractivity contribution is 5.74. The molecule has 2 amide bonds. The minimum absolute atomic E-state index is 0.0320. The van der Waals surface area contributed by atoms with Gasteiger partial charge in [0.2, 0.25) is 0 Å². The first-order chi connectivity index (χ1) is 10.6. The van der Waals surface area contributed by atoms with Crippen molar-refractivity contribution < 1.29 is 9.53 Å². The zero-order valence-electron chi connectivity index (χ0n) is 13.8. The van der Waals surface area contributed by atoms with E-state index in [1.54, 1.807) is 22.9 Å². The topological polar surface area (TPSA) is 62.6 Å². The summed E-state index contributed by atoms with van der Waals surface area (Å²) < 4.78 is 6.85. The third kappa shape index (κ3) is 4.99. The standard InChI is InChI=1S/C15H27N5O2/c1-18-5-4-13(10-18)8-16-15(21)20(6-7-22-3)12-14-9-17-19(2)11-14/h9,11,13H,4-8,10,12H2,1-3H3,(H,16,21)/t13-/m1/s1. The van der Waals surface area contributed by atoms with Gasteiger partial charge < -0.3 is 19.9 Å². The Morgan fingerprint density at radius 2 is 2.36 bits per heavy atom. The molecule has 1 fully saturated rings. The molecule has 7 nitrogen and oxygen atoms in total. The van der Waals surface area contributed by atoms with Crippen LogP contribution < -0.4 is 5.32 Å². The first kappa shape index (κ1) is 16.8. The average Bonchev–Trinajstić information content (AvgIpc) is 3.09. The fraction of sp³-hybridized carbons (Fsp3) is 0.733. The number of hydrogen-bond donors (Lipinski definition) is 1. The molecule has 0 radical (unpaired) electrons. The summed E-state index contributed by atoms with van der Waals surface area (Å²) in [6.07, 6.45) is 4.87. The number of nitrogens with one attached hydrogen (secondary N) is 1. The lowest BCUT2D eigenvalue weighted by atomic mass is 10.1. The van der Waals surface area contributed by atoms with E-state index in [-0.39, 0.29) is 6.03 Å². The molecule has 22 heavy (non-hydrogen) atoms. The molecule has 1 aromatic rings. The van der Waals surface area contributed by atoms with E-state index in [1.807, 2.05) is 13.2 Å². The quantitative estimate of drug-likeness (QED) is 0.798. The molecule has 1 saturated heterocycles. The lowest BCUT2D eigenvalue weighted by Gasteiger charge is -2.23. The van der Waals surface area contributed by atoms with Crippen molar-refractivity contribution in [3.63, 3.8) is 0 Å². The molecular weight excluding hydrogens is 282 g/mol. The van der Waals surface area contributed by atoms with Crippen LogP contribution in [0, 0.1) is 5.92 Å². The lowest BCUT2D eigenvalue weighted by molar-refractivity contribution is 0.146. The molecular formula is C15H27N5O2. The van der Waals surface area contributed by atoms with Gasteiger partial charge in [0.1, 0.15) is 0 Å². The number of methoxy groups -OCH3 is 1. The van der Waals surface area contributed by atoms with Crippen molar-refractivity contribution in [1.29, 1.82) is 0 Å². The van der Waals surface area contributed by atoms with Crippen LogP contribution >= 0.6 is 0 Å². The van der Waals surface area contributed by atoms with Gasteiger partial charge in [-0.05, 0) is 25.9 Å². The number of aryl methyl sites for hydroxylation is 1. The minimum Gasteiger partial charge on any atom is -0.383 e. The monoisotopic (exact) mass is 309 g/mol. The highest BCUT2D eigenvalue weighted by Crippen LogP contribution is 2.13. The van der Waals surface area contributed by atoms with E-state index in [2.05, 4.69) is 22.4 Å². The molecule has 0 aliphatic carbocycles. The molecule has 1 N–H and O–H groups in total. The van der Waals surface area contributed by atoms with Crippen molar-refractivity contribution in [3.05, 3.63) is 18.0 Å². The Kier molecular flexibility index (Phi) is 6.21. The Labute approximate surface area is 132 Å². The Bertz CT molecular complexity index is 476. The third-order valence-electron chi connectivity index (χ3n) is 4.02. The highest BCUT2D eigenvalue weighted by Gasteiger charge is 2.21. The molecule has 0 aromatic carbocycles. The molecule has 0 saturated carbocycles. The molecule has 0 unspecified atom stereocenters. The van der Waals surface area contributed by atoms with Gasteiger partial charge in [0.05, 0.1) is 19.3 Å². The normalized spacial score (nSPS) is 18.6. The maximum absolute atomic E-state index is 12.4. The molecule has 1 atom stereocenters. The smallest absolute Gasteiger partial charge is 0.317 e. The van der Waals surface area contributed by atoms with Crippen molar-refractivity contribution in [2.24, 2.45) is 13.0 Å². The lowest BCUT2D eigenvalue weighted by Crippen LogP contribution is -2.43. The number of amides is 2. The minimum atomic E-state index is -0.0320. The zero-order valence-corrected chi connectivity index (χ0v) is 13.8. The van der Waals surface area contributed by atoms with Crippen LogP contribution in [0.3, 0.4) is 0 Å². The van der Waals surface area contributed by atoms with Crippen LogP contribution in [0.1, 0.15) is 12.0 Å². The number of carbonyl (C=O) groups is 1. The summed E-state index contributed by atoms with van der Waals surface area (Å²) in [5.74, 6) is 0.552. The molecule has 0 bridgehead atoms. The molecule has 124 valence electrons. The van der Waals surface area contributed by atoms with E-state index >= 15 is 0 Å². The van der Waals surface area contributed by atoms with Gasteiger partial charge in [-0.15, -0.1) is 0 Å². The van der Waals surface area contributed by atoms with Crippen molar-refractivity contribution in [2.75, 3.05) is 46.9 Å². The van der Waals surface area contributed by atoms with Crippen LogP contribution in [0.5, 0.6) is 0 Å². The largest absolute Gasteiger partial charge is 0.383 e. The summed E-state index contributed by atoms with van der Waals surface area (Å²) in [7, 11) is 5.64. The van der Waals surface area contributed by atoms with Gasteiger partial charge in [-0.3, -0.25) is 4.68 Å². The van der Waals surface area contributed by atoms with Gasteiger partial charge in [-0.25, -0.2) is 4.79 Å². The summed E-state index contributed by atoms with van der Waals surface area (Å²) in [5, 5.41) is 7.21. The second-order valence-electron chi connectivity index (χ2n) is 6.04. The molecule has 7 heteroatoms.